The lowest BCUT2D eigenvalue weighted by Gasteiger charge is -2.08. The maximum atomic E-state index is 11.9. The monoisotopic (exact) mass is 345 g/mol. The summed E-state index contributed by atoms with van der Waals surface area (Å²) in [5.74, 6) is 0.123. The number of hydrogen-bond donors (Lipinski definition) is 2. The number of benzene rings is 1. The van der Waals surface area contributed by atoms with E-state index < -0.39 is 0 Å². The first kappa shape index (κ1) is 17.1. The van der Waals surface area contributed by atoms with Crippen molar-refractivity contribution in [2.75, 3.05) is 17.7 Å². The van der Waals surface area contributed by atoms with Gasteiger partial charge in [-0.05, 0) is 11.8 Å². The van der Waals surface area contributed by atoms with Crippen LogP contribution in [0.2, 0.25) is 0 Å². The summed E-state index contributed by atoms with van der Waals surface area (Å²) >= 11 is 2.50. The third-order valence-corrected chi connectivity index (χ3v) is 4.50. The number of nitrogen functional groups attached to an aromatic ring is 1. The average molecular weight is 345 g/mol. The Kier molecular flexibility index (Phi) is 6.26. The van der Waals surface area contributed by atoms with E-state index in [0.717, 1.165) is 5.56 Å². The van der Waals surface area contributed by atoms with Crippen molar-refractivity contribution in [1.29, 1.82) is 5.26 Å². The summed E-state index contributed by atoms with van der Waals surface area (Å²) in [7, 11) is 0. The molecule has 1 aromatic carbocycles. The first-order chi connectivity index (χ1) is 11.1. The van der Waals surface area contributed by atoms with Gasteiger partial charge in [0.2, 0.25) is 11.9 Å². The zero-order valence-corrected chi connectivity index (χ0v) is 14.1. The van der Waals surface area contributed by atoms with Crippen LogP contribution in [0.3, 0.4) is 0 Å². The Morgan fingerprint density at radius 1 is 1.30 bits per heavy atom. The molecule has 0 aliphatic carbocycles. The van der Waals surface area contributed by atoms with E-state index in [1.165, 1.54) is 23.5 Å². The fourth-order valence-electron chi connectivity index (χ4n) is 1.77. The van der Waals surface area contributed by atoms with E-state index >= 15 is 0 Å². The van der Waals surface area contributed by atoms with E-state index in [9.17, 15) is 10.1 Å². The summed E-state index contributed by atoms with van der Waals surface area (Å²) in [4.78, 5) is 20.0. The van der Waals surface area contributed by atoms with Gasteiger partial charge < -0.3 is 11.1 Å². The molecule has 118 valence electrons. The average Bonchev–Trinajstić information content (AvgIpc) is 2.58. The van der Waals surface area contributed by atoms with Crippen LogP contribution in [0.5, 0.6) is 0 Å². The molecule has 0 atom stereocenters. The van der Waals surface area contributed by atoms with E-state index in [2.05, 4.69) is 21.4 Å². The zero-order valence-electron chi connectivity index (χ0n) is 12.4. The number of carbonyl (C=O) groups excluding carboxylic acids is 1. The van der Waals surface area contributed by atoms with Gasteiger partial charge in [0.05, 0.1) is 5.75 Å². The molecule has 0 aliphatic rings. The highest BCUT2D eigenvalue weighted by Gasteiger charge is 2.14. The van der Waals surface area contributed by atoms with Crippen LogP contribution in [0, 0.1) is 11.3 Å². The van der Waals surface area contributed by atoms with Crippen molar-refractivity contribution in [3.8, 4) is 6.07 Å². The lowest BCUT2D eigenvalue weighted by atomic mass is 10.2. The van der Waals surface area contributed by atoms with Gasteiger partial charge in [0.15, 0.2) is 0 Å². The number of nitrogens with one attached hydrogen (secondary N) is 1. The number of anilines is 1. The number of nitrogens with two attached hydrogens (primary N) is 1. The first-order valence-corrected chi connectivity index (χ1v) is 8.90. The molecule has 0 unspecified atom stereocenters. The first-order valence-electron chi connectivity index (χ1n) is 6.69. The summed E-state index contributed by atoms with van der Waals surface area (Å²) < 4.78 is 0. The smallest absolute Gasteiger partial charge is 0.230 e. The summed E-state index contributed by atoms with van der Waals surface area (Å²) in [6.45, 7) is 0.466. The normalized spacial score (nSPS) is 10.1. The van der Waals surface area contributed by atoms with Crippen molar-refractivity contribution in [3.63, 3.8) is 0 Å². The van der Waals surface area contributed by atoms with E-state index in [4.69, 9.17) is 5.73 Å². The molecule has 2 aromatic rings. The van der Waals surface area contributed by atoms with Crippen LogP contribution in [0.4, 0.5) is 5.95 Å². The molecule has 0 saturated heterocycles. The van der Waals surface area contributed by atoms with Gasteiger partial charge in [-0.25, -0.2) is 9.97 Å². The molecule has 0 radical (unpaired) electrons. The fourth-order valence-corrected chi connectivity index (χ4v) is 3.18. The highest BCUT2D eigenvalue weighted by Crippen LogP contribution is 2.27. The quantitative estimate of drug-likeness (QED) is 0.610. The SMILES string of the molecule is CSc1nc(N)nc(SCC(=O)NCc2ccccc2)c1C#N. The number of hydrogen-bond acceptors (Lipinski definition) is 7. The Balaban J connectivity index is 1.96. The molecule has 0 bridgehead atoms. The van der Waals surface area contributed by atoms with Crippen LogP contribution in [0.25, 0.3) is 0 Å². The van der Waals surface area contributed by atoms with Gasteiger partial charge in [-0.2, -0.15) is 5.26 Å². The number of nitrogens with zero attached hydrogens (tertiary/aromatic N) is 3. The molecule has 0 saturated carbocycles. The summed E-state index contributed by atoms with van der Waals surface area (Å²) in [6, 6.07) is 11.7. The predicted molar refractivity (Wildman–Crippen MR) is 92.0 cm³/mol. The third-order valence-electron chi connectivity index (χ3n) is 2.84. The van der Waals surface area contributed by atoms with Crippen LogP contribution in [0.1, 0.15) is 11.1 Å². The molecule has 3 N–H and O–H groups in total. The van der Waals surface area contributed by atoms with Crippen molar-refractivity contribution in [2.45, 2.75) is 16.6 Å². The second-order valence-electron chi connectivity index (χ2n) is 4.43. The van der Waals surface area contributed by atoms with Crippen LogP contribution in [-0.2, 0) is 11.3 Å². The summed E-state index contributed by atoms with van der Waals surface area (Å²) in [5, 5.41) is 13.0. The second kappa shape index (κ2) is 8.41. The van der Waals surface area contributed by atoms with Crippen molar-refractivity contribution in [2.24, 2.45) is 0 Å². The van der Waals surface area contributed by atoms with E-state index in [1.807, 2.05) is 36.6 Å². The van der Waals surface area contributed by atoms with E-state index in [0.29, 0.717) is 22.2 Å². The number of nitriles is 1. The Hall–Kier alpha value is -2.24. The number of thioether (sulfide) groups is 2. The van der Waals surface area contributed by atoms with E-state index in [1.54, 1.807) is 0 Å². The van der Waals surface area contributed by atoms with Crippen LogP contribution in [-0.4, -0.2) is 27.9 Å². The molecule has 8 heteroatoms. The van der Waals surface area contributed by atoms with Gasteiger partial charge in [-0.1, -0.05) is 42.1 Å². The fraction of sp³-hybridized carbons (Fsp3) is 0.200. The number of rotatable bonds is 6. The maximum absolute atomic E-state index is 11.9. The lowest BCUT2D eigenvalue weighted by molar-refractivity contribution is -0.118. The molecule has 6 nitrogen and oxygen atoms in total. The van der Waals surface area contributed by atoms with Crippen molar-refractivity contribution in [1.82, 2.24) is 15.3 Å². The van der Waals surface area contributed by atoms with Crippen LogP contribution in [0.15, 0.2) is 40.4 Å². The number of amides is 1. The minimum atomic E-state index is -0.134. The van der Waals surface area contributed by atoms with Crippen LogP contribution < -0.4 is 11.1 Å². The maximum Gasteiger partial charge on any atom is 0.230 e. The Labute approximate surface area is 142 Å². The molecule has 1 aromatic heterocycles. The largest absolute Gasteiger partial charge is 0.368 e. The van der Waals surface area contributed by atoms with Gasteiger partial charge >= 0.3 is 0 Å². The Morgan fingerprint density at radius 3 is 2.65 bits per heavy atom. The van der Waals surface area contributed by atoms with Gasteiger partial charge in [0.25, 0.3) is 0 Å². The van der Waals surface area contributed by atoms with Crippen molar-refractivity contribution in [3.05, 3.63) is 41.5 Å². The summed E-state index contributed by atoms with van der Waals surface area (Å²) in [6.07, 6.45) is 1.81. The third kappa shape index (κ3) is 4.87. The lowest BCUT2D eigenvalue weighted by Crippen LogP contribution is -2.24. The summed E-state index contributed by atoms with van der Waals surface area (Å²) in [5.41, 5.74) is 7.02. The highest BCUT2D eigenvalue weighted by atomic mass is 32.2. The van der Waals surface area contributed by atoms with Gasteiger partial charge in [0, 0.05) is 6.54 Å². The molecule has 0 aliphatic heterocycles. The highest BCUT2D eigenvalue weighted by molar-refractivity contribution is 8.00. The zero-order chi connectivity index (χ0) is 16.7. The standard InChI is InChI=1S/C15H15N5OS2/c1-22-13-11(7-16)14(20-15(17)19-13)23-9-12(21)18-8-10-5-3-2-4-6-10/h2-6H,8-9H2,1H3,(H,18,21)(H2,17,19,20). The van der Waals surface area contributed by atoms with Crippen molar-refractivity contribution < 1.29 is 4.79 Å². The molecule has 1 heterocycles. The number of aromatic nitrogens is 2. The molecule has 2 rings (SSSR count). The van der Waals surface area contributed by atoms with Gasteiger partial charge in [-0.15, -0.1) is 11.8 Å². The minimum Gasteiger partial charge on any atom is -0.368 e. The minimum absolute atomic E-state index is 0.0977. The molecule has 23 heavy (non-hydrogen) atoms. The predicted octanol–water partition coefficient (Wildman–Crippen LogP) is 2.06. The van der Waals surface area contributed by atoms with E-state index in [-0.39, 0.29) is 17.6 Å². The van der Waals surface area contributed by atoms with Crippen molar-refractivity contribution >= 4 is 35.4 Å². The van der Waals surface area contributed by atoms with Gasteiger partial charge in [-0.3, -0.25) is 4.79 Å². The Bertz CT molecular complexity index is 731. The molecular formula is C15H15N5OS2. The molecule has 0 fully saturated rings. The van der Waals surface area contributed by atoms with Crippen LogP contribution >= 0.6 is 23.5 Å². The van der Waals surface area contributed by atoms with Gasteiger partial charge in [0.1, 0.15) is 21.7 Å². The molecular weight excluding hydrogens is 330 g/mol. The number of carbonyl (C=O) groups is 1. The second-order valence-corrected chi connectivity index (χ2v) is 6.19. The topological polar surface area (TPSA) is 105 Å². The molecule has 1 amide bonds. The molecule has 0 spiro atoms. The Morgan fingerprint density at radius 2 is 2.00 bits per heavy atom.